The lowest BCUT2D eigenvalue weighted by atomic mass is 9.91. The van der Waals surface area contributed by atoms with Gasteiger partial charge in [-0.15, -0.1) is 0 Å². The summed E-state index contributed by atoms with van der Waals surface area (Å²) in [6.07, 6.45) is -4.30. The number of para-hydroxylation sites is 1. The molecular weight excluding hydrogens is 476 g/mol. The maximum absolute atomic E-state index is 14.7. The zero-order valence-electron chi connectivity index (χ0n) is 19.4. The van der Waals surface area contributed by atoms with Crippen LogP contribution in [0.15, 0.2) is 60.7 Å². The first kappa shape index (κ1) is 23.7. The first-order valence-corrected chi connectivity index (χ1v) is 11.2. The summed E-state index contributed by atoms with van der Waals surface area (Å²) in [6, 6.07) is 13.8. The number of amides is 1. The Balaban J connectivity index is 1.69. The number of H-pyrrole nitrogens is 1. The van der Waals surface area contributed by atoms with Gasteiger partial charge in [-0.1, -0.05) is 18.2 Å². The van der Waals surface area contributed by atoms with E-state index in [-0.39, 0.29) is 6.54 Å². The first-order valence-electron chi connectivity index (χ1n) is 11.2. The molecule has 4 aromatic rings. The summed E-state index contributed by atoms with van der Waals surface area (Å²) in [5.74, 6) is -0.688. The molecule has 1 amide bonds. The molecule has 1 aromatic heterocycles. The van der Waals surface area contributed by atoms with Crippen LogP contribution in [-0.4, -0.2) is 36.6 Å². The summed E-state index contributed by atoms with van der Waals surface area (Å²) >= 11 is 0. The van der Waals surface area contributed by atoms with Crippen molar-refractivity contribution in [2.24, 2.45) is 0 Å². The van der Waals surface area contributed by atoms with Gasteiger partial charge in [0.05, 0.1) is 25.3 Å². The van der Waals surface area contributed by atoms with Crippen LogP contribution < -0.4 is 9.47 Å². The predicted octanol–water partition coefficient (Wildman–Crippen LogP) is 6.13. The molecule has 9 heteroatoms. The van der Waals surface area contributed by atoms with Crippen LogP contribution in [0.3, 0.4) is 0 Å². The quantitative estimate of drug-likeness (QED) is 0.345. The van der Waals surface area contributed by atoms with E-state index in [0.29, 0.717) is 47.4 Å². The van der Waals surface area contributed by atoms with Crippen LogP contribution in [-0.2, 0) is 12.6 Å². The number of carbonyl (C=O) groups excluding carboxylic acids is 1. The molecule has 36 heavy (non-hydrogen) atoms. The summed E-state index contributed by atoms with van der Waals surface area (Å²) in [5, 5.41) is 0.918. The number of halogens is 4. The molecule has 2 heterocycles. The average molecular weight is 498 g/mol. The molecule has 5 rings (SSSR count). The number of hydrogen-bond acceptors (Lipinski definition) is 3. The molecule has 0 saturated heterocycles. The van der Waals surface area contributed by atoms with Crippen LogP contribution in [0.5, 0.6) is 11.5 Å². The number of rotatable bonds is 4. The molecule has 0 spiro atoms. The van der Waals surface area contributed by atoms with Crippen LogP contribution in [0.25, 0.3) is 10.9 Å². The number of aromatic nitrogens is 1. The third kappa shape index (κ3) is 3.94. The van der Waals surface area contributed by atoms with Gasteiger partial charge in [-0.05, 0) is 54.4 Å². The number of methoxy groups -OCH3 is 2. The molecule has 0 saturated carbocycles. The fraction of sp³-hybridized carbons (Fsp3) is 0.222. The zero-order valence-corrected chi connectivity index (χ0v) is 19.4. The van der Waals surface area contributed by atoms with Gasteiger partial charge >= 0.3 is 6.18 Å². The van der Waals surface area contributed by atoms with Crippen molar-refractivity contribution >= 4 is 16.8 Å². The van der Waals surface area contributed by atoms with Crippen LogP contribution >= 0.6 is 0 Å². The van der Waals surface area contributed by atoms with E-state index in [4.69, 9.17) is 9.47 Å². The van der Waals surface area contributed by atoms with Gasteiger partial charge in [-0.25, -0.2) is 4.39 Å². The molecule has 5 nitrogen and oxygen atoms in total. The molecule has 1 aliphatic rings. The van der Waals surface area contributed by atoms with Gasteiger partial charge < -0.3 is 19.4 Å². The molecule has 1 N–H and O–H groups in total. The maximum atomic E-state index is 14.7. The van der Waals surface area contributed by atoms with E-state index >= 15 is 0 Å². The number of hydrogen-bond donors (Lipinski definition) is 1. The Morgan fingerprint density at radius 2 is 1.81 bits per heavy atom. The third-order valence-corrected chi connectivity index (χ3v) is 6.55. The molecule has 3 aromatic carbocycles. The minimum Gasteiger partial charge on any atom is -0.497 e. The van der Waals surface area contributed by atoms with E-state index in [0.717, 1.165) is 16.5 Å². The SMILES string of the molecule is COc1ccc2[nH]c3c(c2c1)CCN(C(=O)c1cc(C(F)(F)F)ccc1F)C3c1ccccc1OC. The number of nitrogens with one attached hydrogen (secondary N) is 1. The fourth-order valence-electron chi connectivity index (χ4n) is 4.85. The number of benzene rings is 3. The molecule has 186 valence electrons. The summed E-state index contributed by atoms with van der Waals surface area (Å²) in [5.41, 5.74) is 1.37. The number of nitrogens with zero attached hydrogens (tertiary/aromatic N) is 1. The van der Waals surface area contributed by atoms with Crippen molar-refractivity contribution in [3.63, 3.8) is 0 Å². The Bertz CT molecular complexity index is 1460. The van der Waals surface area contributed by atoms with E-state index in [9.17, 15) is 22.4 Å². The topological polar surface area (TPSA) is 54.6 Å². The number of ether oxygens (including phenoxy) is 2. The van der Waals surface area contributed by atoms with Gasteiger partial charge in [0.1, 0.15) is 23.4 Å². The van der Waals surface area contributed by atoms with Gasteiger partial charge in [-0.2, -0.15) is 13.2 Å². The number of fused-ring (bicyclic) bond motifs is 3. The van der Waals surface area contributed by atoms with E-state index in [2.05, 4.69) is 4.98 Å². The van der Waals surface area contributed by atoms with Crippen molar-refractivity contribution in [3.05, 3.63) is 94.4 Å². The molecule has 0 aliphatic carbocycles. The number of alkyl halides is 3. The van der Waals surface area contributed by atoms with Crippen LogP contribution in [0.2, 0.25) is 0 Å². The highest BCUT2D eigenvalue weighted by Crippen LogP contribution is 2.43. The summed E-state index contributed by atoms with van der Waals surface area (Å²) < 4.78 is 65.7. The van der Waals surface area contributed by atoms with Gasteiger partial charge in [-0.3, -0.25) is 4.79 Å². The maximum Gasteiger partial charge on any atom is 0.416 e. The van der Waals surface area contributed by atoms with E-state index in [1.165, 1.54) is 12.0 Å². The van der Waals surface area contributed by atoms with Crippen molar-refractivity contribution in [1.82, 2.24) is 9.88 Å². The lowest BCUT2D eigenvalue weighted by Gasteiger charge is -2.37. The van der Waals surface area contributed by atoms with Crippen LogP contribution in [0.1, 0.15) is 38.8 Å². The minimum absolute atomic E-state index is 0.161. The lowest BCUT2D eigenvalue weighted by molar-refractivity contribution is -0.137. The minimum atomic E-state index is -4.71. The Kier molecular flexibility index (Phi) is 5.86. The standard InChI is InChI=1S/C27H22F4N2O3/c1-35-16-8-10-22-19(14-16)17-11-12-33(25(24(17)32-22)18-5-3-4-6-23(18)36-2)26(34)20-13-15(27(29,30)31)7-9-21(20)28/h3-10,13-14,25,32H,11-12H2,1-2H3. The third-order valence-electron chi connectivity index (χ3n) is 6.55. The Labute approximate surface area is 204 Å². The second kappa shape index (κ2) is 8.89. The van der Waals surface area contributed by atoms with Crippen LogP contribution in [0, 0.1) is 5.82 Å². The zero-order chi connectivity index (χ0) is 25.6. The largest absolute Gasteiger partial charge is 0.497 e. The monoisotopic (exact) mass is 498 g/mol. The molecule has 0 bridgehead atoms. The molecule has 1 aliphatic heterocycles. The van der Waals surface area contributed by atoms with Crippen molar-refractivity contribution in [3.8, 4) is 11.5 Å². The molecule has 1 atom stereocenters. The highest BCUT2D eigenvalue weighted by molar-refractivity contribution is 5.96. The first-order chi connectivity index (χ1) is 17.2. The Morgan fingerprint density at radius 1 is 1.03 bits per heavy atom. The van der Waals surface area contributed by atoms with E-state index in [1.54, 1.807) is 31.4 Å². The molecule has 0 radical (unpaired) electrons. The van der Waals surface area contributed by atoms with Gasteiger partial charge in [0.25, 0.3) is 5.91 Å². The highest BCUT2D eigenvalue weighted by Gasteiger charge is 2.38. The fourth-order valence-corrected chi connectivity index (χ4v) is 4.85. The van der Waals surface area contributed by atoms with Gasteiger partial charge in [0, 0.05) is 28.7 Å². The molecule has 0 fully saturated rings. The predicted molar refractivity (Wildman–Crippen MR) is 126 cm³/mol. The Hall–Kier alpha value is -4.01. The second-order valence-electron chi connectivity index (χ2n) is 8.51. The normalized spacial score (nSPS) is 15.6. The van der Waals surface area contributed by atoms with Crippen molar-refractivity contribution in [1.29, 1.82) is 0 Å². The summed E-state index contributed by atoms with van der Waals surface area (Å²) in [4.78, 5) is 18.4. The van der Waals surface area contributed by atoms with E-state index < -0.39 is 35.1 Å². The van der Waals surface area contributed by atoms with Gasteiger partial charge in [0.15, 0.2) is 0 Å². The number of aromatic amines is 1. The number of carbonyl (C=O) groups is 1. The van der Waals surface area contributed by atoms with Crippen LogP contribution in [0.4, 0.5) is 17.6 Å². The smallest absolute Gasteiger partial charge is 0.416 e. The summed E-state index contributed by atoms with van der Waals surface area (Å²) in [6.45, 7) is 0.161. The molecular formula is C27H22F4N2O3. The summed E-state index contributed by atoms with van der Waals surface area (Å²) in [7, 11) is 3.07. The van der Waals surface area contributed by atoms with Gasteiger partial charge in [0.2, 0.25) is 0 Å². The second-order valence-corrected chi connectivity index (χ2v) is 8.51. The van der Waals surface area contributed by atoms with E-state index in [1.807, 2.05) is 18.2 Å². The highest BCUT2D eigenvalue weighted by atomic mass is 19.4. The lowest BCUT2D eigenvalue weighted by Crippen LogP contribution is -2.41. The molecule has 1 unspecified atom stereocenters. The average Bonchev–Trinajstić information content (AvgIpc) is 3.25. The Morgan fingerprint density at radius 3 is 2.53 bits per heavy atom. The van der Waals surface area contributed by atoms with Crippen molar-refractivity contribution < 1.29 is 31.8 Å². The van der Waals surface area contributed by atoms with Crippen molar-refractivity contribution in [2.45, 2.75) is 18.6 Å². The van der Waals surface area contributed by atoms with Crippen molar-refractivity contribution in [2.75, 3.05) is 20.8 Å².